The molecule has 0 fully saturated rings. The van der Waals surface area contributed by atoms with Gasteiger partial charge in [0.1, 0.15) is 0 Å². The van der Waals surface area contributed by atoms with Crippen LogP contribution in [0.25, 0.3) is 0 Å². The van der Waals surface area contributed by atoms with Gasteiger partial charge >= 0.3 is 6.18 Å². The van der Waals surface area contributed by atoms with Gasteiger partial charge in [-0.05, 0) is 6.07 Å². The largest absolute Gasteiger partial charge is 0.394 e. The molecule has 1 aromatic carbocycles. The maximum Gasteiger partial charge on any atom is 0.390 e. The molecule has 0 saturated carbocycles. The van der Waals surface area contributed by atoms with Crippen LogP contribution >= 0.6 is 11.6 Å². The fourth-order valence-corrected chi connectivity index (χ4v) is 2.04. The zero-order valence-corrected chi connectivity index (χ0v) is 12.0. The summed E-state index contributed by atoms with van der Waals surface area (Å²) >= 11 is 5.87. The lowest BCUT2D eigenvalue weighted by molar-refractivity contribution is -0.384. The molecule has 0 unspecified atom stereocenters. The quantitative estimate of drug-likeness (QED) is 0.587. The molecule has 6 nitrogen and oxygen atoms in total. The van der Waals surface area contributed by atoms with E-state index < -0.39 is 36.8 Å². The van der Waals surface area contributed by atoms with Crippen molar-refractivity contribution in [2.24, 2.45) is 0 Å². The Kier molecular flexibility index (Phi) is 6.39. The molecule has 0 aliphatic carbocycles. The number of hydrogen-bond donors (Lipinski definition) is 2. The van der Waals surface area contributed by atoms with E-state index >= 15 is 0 Å². The summed E-state index contributed by atoms with van der Waals surface area (Å²) < 4.78 is 37.1. The standard InChI is InChI=1S/C12H14ClF3N2O4/c13-10-5-8(18(21)22)1-2-11(10)17(6-9(20)7-19)4-3-12(14,15)16/h1-2,5,9,19-20H,3-4,6-7H2/t9-/m0/s1. The molecule has 0 saturated heterocycles. The molecule has 0 aromatic heterocycles. The number of hydrogen-bond acceptors (Lipinski definition) is 5. The summed E-state index contributed by atoms with van der Waals surface area (Å²) in [6, 6.07) is 3.33. The lowest BCUT2D eigenvalue weighted by Gasteiger charge is -2.28. The van der Waals surface area contributed by atoms with Crippen LogP contribution in [-0.4, -0.2) is 47.1 Å². The molecule has 0 heterocycles. The number of alkyl halides is 3. The normalized spacial score (nSPS) is 13.0. The summed E-state index contributed by atoms with van der Waals surface area (Å²) in [5, 5.41) is 28.8. The minimum atomic E-state index is -4.41. The highest BCUT2D eigenvalue weighted by atomic mass is 35.5. The lowest BCUT2D eigenvalue weighted by atomic mass is 10.2. The molecule has 2 N–H and O–H groups in total. The Morgan fingerprint density at radius 3 is 2.50 bits per heavy atom. The predicted molar refractivity (Wildman–Crippen MR) is 74.1 cm³/mol. The van der Waals surface area contributed by atoms with Gasteiger partial charge in [0.25, 0.3) is 5.69 Å². The monoisotopic (exact) mass is 342 g/mol. The SMILES string of the molecule is O=[N+]([O-])c1ccc(N(CCC(F)(F)F)C[C@H](O)CO)c(Cl)c1. The second kappa shape index (κ2) is 7.61. The van der Waals surface area contributed by atoms with Crippen LogP contribution in [0, 0.1) is 10.1 Å². The van der Waals surface area contributed by atoms with E-state index in [0.29, 0.717) is 0 Å². The van der Waals surface area contributed by atoms with Crippen LogP contribution in [0.15, 0.2) is 18.2 Å². The van der Waals surface area contributed by atoms with Crippen molar-refractivity contribution in [2.75, 3.05) is 24.6 Å². The van der Waals surface area contributed by atoms with Crippen molar-refractivity contribution >= 4 is 23.0 Å². The highest BCUT2D eigenvalue weighted by molar-refractivity contribution is 6.33. The van der Waals surface area contributed by atoms with E-state index in [-0.39, 0.29) is 22.9 Å². The topological polar surface area (TPSA) is 86.8 Å². The van der Waals surface area contributed by atoms with Gasteiger partial charge in [0.15, 0.2) is 0 Å². The number of rotatable bonds is 7. The maximum absolute atomic E-state index is 12.4. The lowest BCUT2D eigenvalue weighted by Crippen LogP contribution is -2.36. The van der Waals surface area contributed by atoms with Gasteiger partial charge in [0, 0.05) is 25.2 Å². The third kappa shape index (κ3) is 5.66. The number of non-ortho nitro benzene ring substituents is 1. The number of aliphatic hydroxyl groups excluding tert-OH is 2. The molecule has 0 bridgehead atoms. The van der Waals surface area contributed by atoms with E-state index in [2.05, 4.69) is 0 Å². The van der Waals surface area contributed by atoms with Crippen molar-refractivity contribution in [1.29, 1.82) is 0 Å². The van der Waals surface area contributed by atoms with E-state index in [0.717, 1.165) is 17.0 Å². The van der Waals surface area contributed by atoms with Crippen molar-refractivity contribution in [2.45, 2.75) is 18.7 Å². The van der Waals surface area contributed by atoms with Crippen LogP contribution in [0.5, 0.6) is 0 Å². The van der Waals surface area contributed by atoms with Crippen LogP contribution in [0.1, 0.15) is 6.42 Å². The van der Waals surface area contributed by atoms with Crippen LogP contribution < -0.4 is 4.90 Å². The highest BCUT2D eigenvalue weighted by Crippen LogP contribution is 2.31. The molecular formula is C12H14ClF3N2O4. The van der Waals surface area contributed by atoms with E-state index in [9.17, 15) is 28.4 Å². The first kappa shape index (κ1) is 18.5. The van der Waals surface area contributed by atoms with Gasteiger partial charge in [0.05, 0.1) is 34.8 Å². The van der Waals surface area contributed by atoms with Crippen molar-refractivity contribution in [1.82, 2.24) is 0 Å². The van der Waals surface area contributed by atoms with Crippen molar-refractivity contribution < 1.29 is 28.3 Å². The summed E-state index contributed by atoms with van der Waals surface area (Å²) in [4.78, 5) is 11.1. The average Bonchev–Trinajstić information content (AvgIpc) is 2.42. The molecule has 124 valence electrons. The average molecular weight is 343 g/mol. The first-order valence-corrected chi connectivity index (χ1v) is 6.56. The van der Waals surface area contributed by atoms with E-state index in [1.54, 1.807) is 0 Å². The summed E-state index contributed by atoms with van der Waals surface area (Å²) in [6.45, 7) is -1.42. The number of nitro groups is 1. The Labute approximate surface area is 128 Å². The Hall–Kier alpha value is -1.58. The summed E-state index contributed by atoms with van der Waals surface area (Å²) in [7, 11) is 0. The van der Waals surface area contributed by atoms with Crippen molar-refractivity contribution in [3.63, 3.8) is 0 Å². The van der Waals surface area contributed by atoms with Crippen molar-refractivity contribution in [3.05, 3.63) is 33.3 Å². The molecule has 22 heavy (non-hydrogen) atoms. The number of nitro benzene ring substituents is 1. The van der Waals surface area contributed by atoms with Crippen molar-refractivity contribution in [3.8, 4) is 0 Å². The Bertz CT molecular complexity index is 528. The zero-order chi connectivity index (χ0) is 16.9. The number of benzene rings is 1. The van der Waals surface area contributed by atoms with Gasteiger partial charge in [-0.3, -0.25) is 10.1 Å². The second-order valence-electron chi connectivity index (χ2n) is 4.54. The number of aliphatic hydroxyl groups is 2. The van der Waals surface area contributed by atoms with Gasteiger partial charge in [0.2, 0.25) is 0 Å². The third-order valence-electron chi connectivity index (χ3n) is 2.79. The molecule has 0 spiro atoms. The van der Waals surface area contributed by atoms with E-state index in [4.69, 9.17) is 16.7 Å². The van der Waals surface area contributed by atoms with Gasteiger partial charge in [-0.15, -0.1) is 0 Å². The zero-order valence-electron chi connectivity index (χ0n) is 11.3. The van der Waals surface area contributed by atoms with Gasteiger partial charge in [-0.25, -0.2) is 0 Å². The highest BCUT2D eigenvalue weighted by Gasteiger charge is 2.29. The van der Waals surface area contributed by atoms with Gasteiger partial charge < -0.3 is 15.1 Å². The fourth-order valence-electron chi connectivity index (χ4n) is 1.75. The molecule has 0 aliphatic rings. The van der Waals surface area contributed by atoms with E-state index in [1.807, 2.05) is 0 Å². The summed E-state index contributed by atoms with van der Waals surface area (Å²) in [5.74, 6) is 0. The van der Waals surface area contributed by atoms with Crippen LogP contribution in [0.2, 0.25) is 5.02 Å². The Morgan fingerprint density at radius 2 is 2.05 bits per heavy atom. The minimum Gasteiger partial charge on any atom is -0.394 e. The van der Waals surface area contributed by atoms with Crippen LogP contribution in [-0.2, 0) is 0 Å². The number of nitrogens with zero attached hydrogens (tertiary/aromatic N) is 2. The van der Waals surface area contributed by atoms with Gasteiger partial charge in [-0.1, -0.05) is 11.6 Å². The summed E-state index contributed by atoms with van der Waals surface area (Å²) in [6.07, 6.45) is -6.83. The summed E-state index contributed by atoms with van der Waals surface area (Å²) in [5.41, 5.74) is -0.184. The molecule has 10 heteroatoms. The molecule has 1 aromatic rings. The fraction of sp³-hybridized carbons (Fsp3) is 0.500. The molecule has 1 rings (SSSR count). The second-order valence-corrected chi connectivity index (χ2v) is 4.95. The Balaban J connectivity index is 3.01. The maximum atomic E-state index is 12.4. The number of anilines is 1. The molecular weight excluding hydrogens is 329 g/mol. The first-order valence-electron chi connectivity index (χ1n) is 6.18. The predicted octanol–water partition coefficient (Wildman–Crippen LogP) is 2.36. The van der Waals surface area contributed by atoms with Gasteiger partial charge in [-0.2, -0.15) is 13.2 Å². The van der Waals surface area contributed by atoms with E-state index in [1.165, 1.54) is 6.07 Å². The molecule has 0 radical (unpaired) electrons. The van der Waals surface area contributed by atoms with Crippen LogP contribution in [0.3, 0.4) is 0 Å². The Morgan fingerprint density at radius 1 is 1.41 bits per heavy atom. The van der Waals surface area contributed by atoms with Crippen LogP contribution in [0.4, 0.5) is 24.5 Å². The minimum absolute atomic E-state index is 0.110. The number of halogens is 4. The third-order valence-corrected chi connectivity index (χ3v) is 3.09. The molecule has 1 atom stereocenters. The smallest absolute Gasteiger partial charge is 0.390 e. The molecule has 0 aliphatic heterocycles. The first-order chi connectivity index (χ1) is 10.1. The molecule has 0 amide bonds.